The maximum Gasteiger partial charge on any atom is 0.338 e. The lowest BCUT2D eigenvalue weighted by Gasteiger charge is -2.36. The van der Waals surface area contributed by atoms with Crippen LogP contribution >= 0.6 is 0 Å². The number of ether oxygens (including phenoxy) is 2. The zero-order valence-electron chi connectivity index (χ0n) is 19.4. The Hall–Kier alpha value is -4.33. The fraction of sp³-hybridized carbons (Fsp3) is 0.222. The van der Waals surface area contributed by atoms with Gasteiger partial charge in [-0.3, -0.25) is 4.79 Å². The van der Waals surface area contributed by atoms with E-state index in [4.69, 9.17) is 9.47 Å². The lowest BCUT2D eigenvalue weighted by Crippen LogP contribution is -2.49. The summed E-state index contributed by atoms with van der Waals surface area (Å²) in [7, 11) is 1.64. The Morgan fingerprint density at radius 1 is 0.943 bits per heavy atom. The van der Waals surface area contributed by atoms with E-state index in [9.17, 15) is 9.59 Å². The van der Waals surface area contributed by atoms with Crippen molar-refractivity contribution in [1.82, 2.24) is 14.9 Å². The van der Waals surface area contributed by atoms with Gasteiger partial charge in [-0.05, 0) is 42.5 Å². The third-order valence-corrected chi connectivity index (χ3v) is 6.16. The predicted molar refractivity (Wildman–Crippen MR) is 134 cm³/mol. The monoisotopic (exact) mass is 470 g/mol. The van der Waals surface area contributed by atoms with Gasteiger partial charge in [0.25, 0.3) is 5.91 Å². The zero-order chi connectivity index (χ0) is 24.2. The van der Waals surface area contributed by atoms with E-state index in [2.05, 4.69) is 14.9 Å². The van der Waals surface area contributed by atoms with E-state index < -0.39 is 5.97 Å². The Bertz CT molecular complexity index is 1330. The Labute approximate surface area is 203 Å². The largest absolute Gasteiger partial charge is 0.497 e. The van der Waals surface area contributed by atoms with Gasteiger partial charge in [-0.2, -0.15) is 0 Å². The van der Waals surface area contributed by atoms with Crippen molar-refractivity contribution in [3.8, 4) is 17.1 Å². The maximum atomic E-state index is 12.6. The first-order chi connectivity index (χ1) is 17.1. The van der Waals surface area contributed by atoms with E-state index in [1.54, 1.807) is 30.2 Å². The van der Waals surface area contributed by atoms with Gasteiger partial charge in [0, 0.05) is 37.4 Å². The fourth-order valence-electron chi connectivity index (χ4n) is 4.18. The van der Waals surface area contributed by atoms with Gasteiger partial charge in [-0.15, -0.1) is 0 Å². The summed E-state index contributed by atoms with van der Waals surface area (Å²) in [4.78, 5) is 37.0. The first kappa shape index (κ1) is 22.5. The summed E-state index contributed by atoms with van der Waals surface area (Å²) in [6.45, 7) is 2.30. The Morgan fingerprint density at radius 2 is 1.69 bits per heavy atom. The van der Waals surface area contributed by atoms with Crippen molar-refractivity contribution in [3.63, 3.8) is 0 Å². The number of aromatic amines is 1. The van der Waals surface area contributed by atoms with Crippen LogP contribution in [0.1, 0.15) is 10.4 Å². The third-order valence-electron chi connectivity index (χ3n) is 6.16. The second-order valence-corrected chi connectivity index (χ2v) is 8.33. The lowest BCUT2D eigenvalue weighted by atomic mass is 10.2. The van der Waals surface area contributed by atoms with Crippen molar-refractivity contribution in [2.24, 2.45) is 0 Å². The number of nitrogens with one attached hydrogen (secondary N) is 1. The summed E-state index contributed by atoms with van der Waals surface area (Å²) in [5, 5.41) is 0. The molecule has 0 spiro atoms. The van der Waals surface area contributed by atoms with Crippen LogP contribution in [0, 0.1) is 0 Å². The fourth-order valence-corrected chi connectivity index (χ4v) is 4.18. The number of hydrogen-bond acceptors (Lipinski definition) is 6. The number of carbonyl (C=O) groups is 2. The Kier molecular flexibility index (Phi) is 6.34. The van der Waals surface area contributed by atoms with Gasteiger partial charge in [-0.25, -0.2) is 9.78 Å². The van der Waals surface area contributed by atoms with Gasteiger partial charge in [0.05, 0.1) is 23.7 Å². The molecule has 1 N–H and O–H groups in total. The SMILES string of the molecule is COc1ccc(N2CCN(C(=O)COC(=O)c3ccc4nc(-c5ccccc5)[nH]c4c3)CC2)cc1. The van der Waals surface area contributed by atoms with Crippen LogP contribution in [0.15, 0.2) is 72.8 Å². The maximum absolute atomic E-state index is 12.6. The first-order valence-electron chi connectivity index (χ1n) is 11.5. The highest BCUT2D eigenvalue weighted by Gasteiger charge is 2.22. The van der Waals surface area contributed by atoms with Gasteiger partial charge < -0.3 is 24.3 Å². The van der Waals surface area contributed by atoms with Crippen LogP contribution < -0.4 is 9.64 Å². The average Bonchev–Trinajstić information content (AvgIpc) is 3.36. The highest BCUT2D eigenvalue weighted by atomic mass is 16.5. The molecule has 5 rings (SSSR count). The quantitative estimate of drug-likeness (QED) is 0.432. The summed E-state index contributed by atoms with van der Waals surface area (Å²) >= 11 is 0. The molecule has 0 bridgehead atoms. The van der Waals surface area contributed by atoms with Crippen LogP contribution in [-0.4, -0.2) is 66.6 Å². The topological polar surface area (TPSA) is 87.8 Å². The average molecular weight is 471 g/mol. The summed E-state index contributed by atoms with van der Waals surface area (Å²) in [6.07, 6.45) is 0. The number of aromatic nitrogens is 2. The van der Waals surface area contributed by atoms with Gasteiger partial charge in [0.2, 0.25) is 0 Å². The summed E-state index contributed by atoms with van der Waals surface area (Å²) in [5.41, 5.74) is 3.92. The standard InChI is InChI=1S/C27H26N4O4/c1-34-22-10-8-21(9-11-22)30-13-15-31(16-14-30)25(32)18-35-27(33)20-7-12-23-24(17-20)29-26(28-23)19-5-3-2-4-6-19/h2-12,17H,13-16,18H2,1H3,(H,28,29). The molecule has 8 heteroatoms. The van der Waals surface area contributed by atoms with E-state index in [0.717, 1.165) is 33.9 Å². The molecule has 1 aliphatic rings. The van der Waals surface area contributed by atoms with Gasteiger partial charge >= 0.3 is 5.97 Å². The normalized spacial score (nSPS) is 13.6. The van der Waals surface area contributed by atoms with Crippen LogP contribution in [-0.2, 0) is 9.53 Å². The van der Waals surface area contributed by atoms with Gasteiger partial charge in [-0.1, -0.05) is 30.3 Å². The number of fused-ring (bicyclic) bond motifs is 1. The Morgan fingerprint density at radius 3 is 2.40 bits per heavy atom. The van der Waals surface area contributed by atoms with Crippen molar-refractivity contribution in [2.45, 2.75) is 0 Å². The van der Waals surface area contributed by atoms with Crippen molar-refractivity contribution in [1.29, 1.82) is 0 Å². The van der Waals surface area contributed by atoms with E-state index in [1.165, 1.54) is 0 Å². The molecular weight excluding hydrogens is 444 g/mol. The smallest absolute Gasteiger partial charge is 0.338 e. The highest BCUT2D eigenvalue weighted by Crippen LogP contribution is 2.22. The summed E-state index contributed by atoms with van der Waals surface area (Å²) in [5.74, 6) is 0.817. The van der Waals surface area contributed by atoms with Crippen molar-refractivity contribution in [2.75, 3.05) is 44.8 Å². The van der Waals surface area contributed by atoms with Crippen molar-refractivity contribution in [3.05, 3.63) is 78.4 Å². The molecule has 0 aliphatic carbocycles. The number of imidazole rings is 1. The molecule has 0 saturated carbocycles. The molecule has 0 unspecified atom stereocenters. The first-order valence-corrected chi connectivity index (χ1v) is 11.5. The molecule has 0 radical (unpaired) electrons. The zero-order valence-corrected chi connectivity index (χ0v) is 19.4. The van der Waals surface area contributed by atoms with E-state index >= 15 is 0 Å². The van der Waals surface area contributed by atoms with Crippen molar-refractivity contribution < 1.29 is 19.1 Å². The van der Waals surface area contributed by atoms with Crippen LogP contribution in [0.25, 0.3) is 22.4 Å². The molecule has 1 saturated heterocycles. The predicted octanol–water partition coefficient (Wildman–Crippen LogP) is 3.74. The molecule has 178 valence electrons. The van der Waals surface area contributed by atoms with Crippen LogP contribution in [0.4, 0.5) is 5.69 Å². The van der Waals surface area contributed by atoms with Crippen LogP contribution in [0.3, 0.4) is 0 Å². The molecule has 35 heavy (non-hydrogen) atoms. The second-order valence-electron chi connectivity index (χ2n) is 8.33. The minimum absolute atomic E-state index is 0.193. The number of hydrogen-bond donors (Lipinski definition) is 1. The minimum atomic E-state index is -0.534. The number of H-pyrrole nitrogens is 1. The molecule has 0 atom stereocenters. The van der Waals surface area contributed by atoms with Crippen molar-refractivity contribution >= 4 is 28.6 Å². The lowest BCUT2D eigenvalue weighted by molar-refractivity contribution is -0.134. The number of esters is 1. The number of carbonyl (C=O) groups excluding carboxylic acids is 2. The molecule has 3 aromatic carbocycles. The molecular formula is C27H26N4O4. The highest BCUT2D eigenvalue weighted by molar-refractivity contribution is 5.95. The number of amides is 1. The van der Waals surface area contributed by atoms with E-state index in [-0.39, 0.29) is 12.5 Å². The molecule has 4 aromatic rings. The molecule has 1 amide bonds. The van der Waals surface area contributed by atoms with E-state index in [0.29, 0.717) is 31.7 Å². The number of nitrogens with zero attached hydrogens (tertiary/aromatic N) is 3. The van der Waals surface area contributed by atoms with E-state index in [1.807, 2.05) is 54.6 Å². The Balaban J connectivity index is 1.15. The summed E-state index contributed by atoms with van der Waals surface area (Å²) < 4.78 is 10.5. The molecule has 2 heterocycles. The number of methoxy groups -OCH3 is 1. The third kappa shape index (κ3) is 4.96. The minimum Gasteiger partial charge on any atom is -0.497 e. The molecule has 8 nitrogen and oxygen atoms in total. The van der Waals surface area contributed by atoms with Gasteiger partial charge in [0.15, 0.2) is 6.61 Å². The van der Waals surface area contributed by atoms with Gasteiger partial charge in [0.1, 0.15) is 11.6 Å². The number of anilines is 1. The molecule has 1 aromatic heterocycles. The van der Waals surface area contributed by atoms with Crippen LogP contribution in [0.5, 0.6) is 5.75 Å². The number of benzene rings is 3. The molecule has 1 aliphatic heterocycles. The number of rotatable bonds is 6. The molecule has 1 fully saturated rings. The second kappa shape index (κ2) is 9.89. The van der Waals surface area contributed by atoms with Crippen LogP contribution in [0.2, 0.25) is 0 Å². The number of piperazine rings is 1. The summed E-state index contributed by atoms with van der Waals surface area (Å²) in [6, 6.07) is 22.8.